The number of nitrogens with two attached hydrogens (primary N) is 1. The number of halogens is 1. The zero-order chi connectivity index (χ0) is 18.5. The number of furan rings is 1. The van der Waals surface area contributed by atoms with Crippen molar-refractivity contribution in [3.63, 3.8) is 0 Å². The zero-order valence-corrected chi connectivity index (χ0v) is 15.4. The molecule has 3 rings (SSSR count). The van der Waals surface area contributed by atoms with Crippen LogP contribution in [0.2, 0.25) is 5.02 Å². The molecule has 1 aliphatic heterocycles. The molecule has 1 aromatic carbocycles. The molecule has 138 valence electrons. The minimum atomic E-state index is -0.572. The lowest BCUT2D eigenvalue weighted by molar-refractivity contribution is 0.0972. The number of anilines is 1. The van der Waals surface area contributed by atoms with Gasteiger partial charge >= 0.3 is 0 Å². The van der Waals surface area contributed by atoms with Crippen LogP contribution in [0.3, 0.4) is 0 Å². The normalized spacial score (nSPS) is 15.2. The number of primary amides is 1. The standard InChI is InChI=1S/C18H22ClN5O2/c1-21-18(22-12-15-5-6-16(26-15)17(20)25)24-9-7-23(8-10-24)14-4-2-3-13(19)11-14/h2-6,11H,7-10,12H2,1H3,(H2,20,25)(H,21,22). The highest BCUT2D eigenvalue weighted by Gasteiger charge is 2.20. The summed E-state index contributed by atoms with van der Waals surface area (Å²) in [6.07, 6.45) is 0. The highest BCUT2D eigenvalue weighted by molar-refractivity contribution is 6.30. The molecule has 2 heterocycles. The van der Waals surface area contributed by atoms with Gasteiger partial charge in [0, 0.05) is 43.9 Å². The summed E-state index contributed by atoms with van der Waals surface area (Å²) in [6.45, 7) is 3.89. The highest BCUT2D eigenvalue weighted by Crippen LogP contribution is 2.20. The van der Waals surface area contributed by atoms with Gasteiger partial charge in [0.15, 0.2) is 11.7 Å². The molecular weight excluding hydrogens is 354 g/mol. The van der Waals surface area contributed by atoms with E-state index in [4.69, 9.17) is 21.8 Å². The summed E-state index contributed by atoms with van der Waals surface area (Å²) < 4.78 is 5.38. The monoisotopic (exact) mass is 375 g/mol. The second-order valence-corrected chi connectivity index (χ2v) is 6.42. The Balaban J connectivity index is 1.54. The van der Waals surface area contributed by atoms with E-state index in [1.165, 1.54) is 0 Å². The van der Waals surface area contributed by atoms with Crippen LogP contribution in [0, 0.1) is 0 Å². The van der Waals surface area contributed by atoms with Crippen molar-refractivity contribution in [1.29, 1.82) is 0 Å². The maximum Gasteiger partial charge on any atom is 0.284 e. The summed E-state index contributed by atoms with van der Waals surface area (Å²) in [7, 11) is 1.75. The van der Waals surface area contributed by atoms with Crippen molar-refractivity contribution in [2.75, 3.05) is 38.1 Å². The molecule has 0 spiro atoms. The van der Waals surface area contributed by atoms with Crippen LogP contribution in [0.4, 0.5) is 5.69 Å². The molecule has 1 aliphatic rings. The second kappa shape index (κ2) is 8.14. The van der Waals surface area contributed by atoms with E-state index < -0.39 is 5.91 Å². The minimum absolute atomic E-state index is 0.159. The van der Waals surface area contributed by atoms with Crippen LogP contribution in [-0.2, 0) is 6.54 Å². The summed E-state index contributed by atoms with van der Waals surface area (Å²) >= 11 is 6.08. The van der Waals surface area contributed by atoms with Crippen molar-refractivity contribution in [1.82, 2.24) is 10.2 Å². The van der Waals surface area contributed by atoms with Crippen molar-refractivity contribution in [3.8, 4) is 0 Å². The number of hydrogen-bond acceptors (Lipinski definition) is 4. The molecule has 0 aliphatic carbocycles. The third-order valence-corrected chi connectivity index (χ3v) is 4.52. The van der Waals surface area contributed by atoms with Crippen LogP contribution in [0.5, 0.6) is 0 Å². The number of benzene rings is 1. The number of nitrogens with one attached hydrogen (secondary N) is 1. The average molecular weight is 376 g/mol. The first-order valence-electron chi connectivity index (χ1n) is 8.41. The summed E-state index contributed by atoms with van der Waals surface area (Å²) in [5.41, 5.74) is 6.33. The first kappa shape index (κ1) is 18.1. The van der Waals surface area contributed by atoms with Crippen molar-refractivity contribution >= 4 is 29.2 Å². The number of amides is 1. The fraction of sp³-hybridized carbons (Fsp3) is 0.333. The highest BCUT2D eigenvalue weighted by atomic mass is 35.5. The summed E-state index contributed by atoms with van der Waals surface area (Å²) in [4.78, 5) is 19.9. The molecule has 3 N–H and O–H groups in total. The Labute approximate surface area is 157 Å². The summed E-state index contributed by atoms with van der Waals surface area (Å²) in [5, 5.41) is 4.01. The number of hydrogen-bond donors (Lipinski definition) is 2. The Kier molecular flexibility index (Phi) is 5.68. The van der Waals surface area contributed by atoms with E-state index in [1.54, 1.807) is 19.2 Å². The van der Waals surface area contributed by atoms with Crippen LogP contribution < -0.4 is 16.0 Å². The van der Waals surface area contributed by atoms with E-state index in [1.807, 2.05) is 18.2 Å². The molecule has 1 saturated heterocycles. The molecule has 0 bridgehead atoms. The third-order valence-electron chi connectivity index (χ3n) is 4.29. The van der Waals surface area contributed by atoms with Crippen molar-refractivity contribution in [2.45, 2.75) is 6.54 Å². The fourth-order valence-electron chi connectivity index (χ4n) is 2.95. The fourth-order valence-corrected chi connectivity index (χ4v) is 3.14. The first-order valence-corrected chi connectivity index (χ1v) is 8.79. The second-order valence-electron chi connectivity index (χ2n) is 5.98. The molecule has 7 nitrogen and oxygen atoms in total. The van der Waals surface area contributed by atoms with Crippen LogP contribution >= 0.6 is 11.6 Å². The summed E-state index contributed by atoms with van der Waals surface area (Å²) in [6, 6.07) is 11.2. The van der Waals surface area contributed by atoms with Gasteiger partial charge in [-0.2, -0.15) is 0 Å². The average Bonchev–Trinajstić information content (AvgIpc) is 3.12. The Hall–Kier alpha value is -2.67. The van der Waals surface area contributed by atoms with Crippen LogP contribution in [0.15, 0.2) is 45.8 Å². The Bertz CT molecular complexity index is 796. The molecule has 0 saturated carbocycles. The smallest absolute Gasteiger partial charge is 0.284 e. The number of guanidine groups is 1. The number of carbonyl (C=O) groups excluding carboxylic acids is 1. The van der Waals surface area contributed by atoms with Crippen molar-refractivity contribution < 1.29 is 9.21 Å². The molecular formula is C18H22ClN5O2. The number of nitrogens with zero attached hydrogens (tertiary/aromatic N) is 3. The predicted molar refractivity (Wildman–Crippen MR) is 103 cm³/mol. The molecule has 8 heteroatoms. The predicted octanol–water partition coefficient (Wildman–Crippen LogP) is 1.93. The van der Waals surface area contributed by atoms with E-state index in [9.17, 15) is 4.79 Å². The van der Waals surface area contributed by atoms with Gasteiger partial charge in [0.1, 0.15) is 5.76 Å². The maximum atomic E-state index is 11.1. The zero-order valence-electron chi connectivity index (χ0n) is 14.6. The van der Waals surface area contributed by atoms with Gasteiger partial charge < -0.3 is 25.3 Å². The first-order chi connectivity index (χ1) is 12.6. The maximum absolute atomic E-state index is 11.1. The van der Waals surface area contributed by atoms with E-state index >= 15 is 0 Å². The SMILES string of the molecule is CN=C(NCc1ccc(C(N)=O)o1)N1CCN(c2cccc(Cl)c2)CC1. The van der Waals surface area contributed by atoms with Gasteiger partial charge in [-0.15, -0.1) is 0 Å². The lowest BCUT2D eigenvalue weighted by Crippen LogP contribution is -2.52. The lowest BCUT2D eigenvalue weighted by atomic mass is 10.2. The third kappa shape index (κ3) is 4.29. The van der Waals surface area contributed by atoms with Gasteiger partial charge in [-0.05, 0) is 30.3 Å². The van der Waals surface area contributed by atoms with Gasteiger partial charge in [0.05, 0.1) is 6.54 Å². The number of piperazine rings is 1. The molecule has 1 aromatic heterocycles. The number of rotatable bonds is 4. The van der Waals surface area contributed by atoms with Gasteiger partial charge in [0.25, 0.3) is 5.91 Å². The quantitative estimate of drug-likeness (QED) is 0.629. The molecule has 0 unspecified atom stereocenters. The number of aliphatic imine (C=N–C) groups is 1. The van der Waals surface area contributed by atoms with Gasteiger partial charge in [-0.1, -0.05) is 17.7 Å². The number of carbonyl (C=O) groups is 1. The van der Waals surface area contributed by atoms with Crippen LogP contribution in [-0.4, -0.2) is 50.0 Å². The van der Waals surface area contributed by atoms with E-state index in [0.29, 0.717) is 12.3 Å². The van der Waals surface area contributed by atoms with Crippen LogP contribution in [0.25, 0.3) is 0 Å². The molecule has 2 aromatic rings. The van der Waals surface area contributed by atoms with Crippen molar-refractivity contribution in [2.24, 2.45) is 10.7 Å². The largest absolute Gasteiger partial charge is 0.454 e. The molecule has 0 radical (unpaired) electrons. The van der Waals surface area contributed by atoms with Gasteiger partial charge in [-0.3, -0.25) is 9.79 Å². The van der Waals surface area contributed by atoms with Gasteiger partial charge in [-0.25, -0.2) is 0 Å². The molecule has 1 fully saturated rings. The Morgan fingerprint density at radius 2 is 2.04 bits per heavy atom. The Morgan fingerprint density at radius 3 is 2.65 bits per heavy atom. The van der Waals surface area contributed by atoms with Crippen LogP contribution in [0.1, 0.15) is 16.3 Å². The van der Waals surface area contributed by atoms with Gasteiger partial charge in [0.2, 0.25) is 0 Å². The molecule has 1 amide bonds. The van der Waals surface area contributed by atoms with E-state index in [-0.39, 0.29) is 5.76 Å². The molecule has 0 atom stereocenters. The minimum Gasteiger partial charge on any atom is -0.454 e. The van der Waals surface area contributed by atoms with E-state index in [0.717, 1.165) is 42.8 Å². The summed E-state index contributed by atoms with van der Waals surface area (Å²) in [5.74, 6) is 1.02. The molecule has 26 heavy (non-hydrogen) atoms. The Morgan fingerprint density at radius 1 is 1.27 bits per heavy atom. The van der Waals surface area contributed by atoms with E-state index in [2.05, 4.69) is 26.2 Å². The lowest BCUT2D eigenvalue weighted by Gasteiger charge is -2.37. The topological polar surface area (TPSA) is 87.1 Å². The van der Waals surface area contributed by atoms with Crippen molar-refractivity contribution in [3.05, 3.63) is 52.9 Å².